The van der Waals surface area contributed by atoms with Gasteiger partial charge in [-0.15, -0.1) is 0 Å². The number of quaternary nitrogens is 1. The van der Waals surface area contributed by atoms with Crippen LogP contribution in [0.1, 0.15) is 6.92 Å². The smallest absolute Gasteiger partial charge is 0.280 e. The Morgan fingerprint density at radius 2 is 2.00 bits per heavy atom. The Balaban J connectivity index is 1.95. The molecule has 0 unspecified atom stereocenters. The first-order chi connectivity index (χ1) is 10.0. The molecule has 1 aromatic carbocycles. The third kappa shape index (κ3) is 3.67. The Labute approximate surface area is 127 Å². The van der Waals surface area contributed by atoms with E-state index in [0.717, 1.165) is 31.9 Å². The molecule has 0 aliphatic carbocycles. The third-order valence-corrected chi connectivity index (χ3v) is 4.25. The van der Waals surface area contributed by atoms with Gasteiger partial charge in [0, 0.05) is 25.8 Å². The number of carbonyl (C=O) groups is 1. The van der Waals surface area contributed by atoms with Crippen molar-refractivity contribution in [2.75, 3.05) is 52.3 Å². The van der Waals surface area contributed by atoms with Gasteiger partial charge < -0.3 is 19.4 Å². The van der Waals surface area contributed by atoms with Gasteiger partial charge in [-0.3, -0.25) is 4.79 Å². The number of rotatable bonds is 4. The van der Waals surface area contributed by atoms with Gasteiger partial charge in [-0.05, 0) is 19.1 Å². The highest BCUT2D eigenvalue weighted by Crippen LogP contribution is 2.20. The fraction of sp³-hybridized carbons (Fsp3) is 0.562. The molecule has 1 amide bonds. The fourth-order valence-corrected chi connectivity index (χ4v) is 2.85. The lowest BCUT2D eigenvalue weighted by Gasteiger charge is -2.36. The van der Waals surface area contributed by atoms with Crippen LogP contribution in [0.4, 0.5) is 5.69 Å². The first kappa shape index (κ1) is 15.6. The largest absolute Gasteiger partial charge is 0.497 e. The summed E-state index contributed by atoms with van der Waals surface area (Å²) in [6.45, 7) is 5.93. The van der Waals surface area contributed by atoms with Crippen LogP contribution in [-0.4, -0.2) is 64.2 Å². The summed E-state index contributed by atoms with van der Waals surface area (Å²) in [6.07, 6.45) is 0. The van der Waals surface area contributed by atoms with E-state index in [4.69, 9.17) is 4.74 Å². The number of carbonyl (C=O) groups excluding carboxylic acids is 1. The predicted octanol–water partition coefficient (Wildman–Crippen LogP) is -0.123. The van der Waals surface area contributed by atoms with Crippen LogP contribution in [0.3, 0.4) is 0 Å². The topological polar surface area (TPSA) is 37.2 Å². The highest BCUT2D eigenvalue weighted by Gasteiger charge is 2.30. The molecule has 5 heteroatoms. The number of methoxy groups -OCH3 is 1. The molecule has 21 heavy (non-hydrogen) atoms. The van der Waals surface area contributed by atoms with Gasteiger partial charge in [0.15, 0.2) is 6.04 Å². The maximum atomic E-state index is 12.1. The van der Waals surface area contributed by atoms with Gasteiger partial charge in [0.05, 0.1) is 33.3 Å². The van der Waals surface area contributed by atoms with E-state index in [1.54, 1.807) is 12.0 Å². The Kier molecular flexibility index (Phi) is 5.07. The molecule has 2 rings (SSSR count). The molecule has 1 fully saturated rings. The Bertz CT molecular complexity index is 482. The molecule has 0 aromatic heterocycles. The minimum Gasteiger partial charge on any atom is -0.497 e. The molecule has 1 aliphatic rings. The maximum Gasteiger partial charge on any atom is 0.280 e. The maximum absolute atomic E-state index is 12.1. The molecule has 0 radical (unpaired) electrons. The lowest BCUT2D eigenvalue weighted by atomic mass is 10.2. The van der Waals surface area contributed by atoms with E-state index < -0.39 is 0 Å². The molecule has 1 aromatic rings. The Morgan fingerprint density at radius 3 is 2.57 bits per heavy atom. The Morgan fingerprint density at radius 1 is 1.33 bits per heavy atom. The number of hydrogen-bond donors (Lipinski definition) is 1. The van der Waals surface area contributed by atoms with Crippen LogP contribution in [0, 0.1) is 0 Å². The van der Waals surface area contributed by atoms with Crippen molar-refractivity contribution in [1.82, 2.24) is 4.90 Å². The zero-order chi connectivity index (χ0) is 15.4. The summed E-state index contributed by atoms with van der Waals surface area (Å²) >= 11 is 0. The van der Waals surface area contributed by atoms with E-state index in [0.29, 0.717) is 0 Å². The highest BCUT2D eigenvalue weighted by molar-refractivity contribution is 5.79. The van der Waals surface area contributed by atoms with Crippen LogP contribution >= 0.6 is 0 Å². The summed E-state index contributed by atoms with van der Waals surface area (Å²) < 4.78 is 5.28. The number of piperazine rings is 1. The van der Waals surface area contributed by atoms with E-state index >= 15 is 0 Å². The van der Waals surface area contributed by atoms with Gasteiger partial charge in [0.25, 0.3) is 5.91 Å². The zero-order valence-electron chi connectivity index (χ0n) is 13.4. The molecular formula is C16H26N3O2+. The van der Waals surface area contributed by atoms with Gasteiger partial charge in [-0.2, -0.15) is 0 Å². The number of amides is 1. The fourth-order valence-electron chi connectivity index (χ4n) is 2.85. The van der Waals surface area contributed by atoms with Crippen molar-refractivity contribution >= 4 is 11.6 Å². The van der Waals surface area contributed by atoms with Gasteiger partial charge in [0.1, 0.15) is 5.75 Å². The Hall–Kier alpha value is -1.75. The molecule has 5 nitrogen and oxygen atoms in total. The van der Waals surface area contributed by atoms with Crippen LogP contribution in [0.5, 0.6) is 5.75 Å². The predicted molar refractivity (Wildman–Crippen MR) is 84.1 cm³/mol. The number of nitrogens with one attached hydrogen (secondary N) is 1. The molecule has 1 aliphatic heterocycles. The highest BCUT2D eigenvalue weighted by atomic mass is 16.5. The average Bonchev–Trinajstić information content (AvgIpc) is 2.53. The molecule has 1 N–H and O–H groups in total. The first-order valence-corrected chi connectivity index (χ1v) is 7.47. The summed E-state index contributed by atoms with van der Waals surface area (Å²) in [5.41, 5.74) is 1.19. The van der Waals surface area contributed by atoms with Crippen molar-refractivity contribution in [2.24, 2.45) is 0 Å². The second-order valence-electron chi connectivity index (χ2n) is 5.80. The molecular weight excluding hydrogens is 266 g/mol. The normalized spacial score (nSPS) is 17.4. The third-order valence-electron chi connectivity index (χ3n) is 4.25. The van der Waals surface area contributed by atoms with Crippen LogP contribution in [0.2, 0.25) is 0 Å². The van der Waals surface area contributed by atoms with Gasteiger partial charge in [-0.1, -0.05) is 6.07 Å². The van der Waals surface area contributed by atoms with Crippen LogP contribution in [0.25, 0.3) is 0 Å². The molecule has 0 saturated carbocycles. The zero-order valence-corrected chi connectivity index (χ0v) is 13.4. The monoisotopic (exact) mass is 292 g/mol. The van der Waals surface area contributed by atoms with Gasteiger partial charge in [-0.25, -0.2) is 0 Å². The quantitative estimate of drug-likeness (QED) is 0.840. The van der Waals surface area contributed by atoms with Gasteiger partial charge in [0.2, 0.25) is 0 Å². The SMILES string of the molecule is COc1cccc(N2CC[NH+]([C@@H](C)C(=O)N(C)C)CC2)c1. The number of anilines is 1. The molecule has 0 spiro atoms. The van der Waals surface area contributed by atoms with E-state index in [-0.39, 0.29) is 11.9 Å². The molecule has 1 heterocycles. The minimum atomic E-state index is 0.0347. The van der Waals surface area contributed by atoms with E-state index in [9.17, 15) is 4.79 Å². The standard InChI is InChI=1S/C16H25N3O2/c1-13(16(20)17(2)3)18-8-10-19(11-9-18)14-6-5-7-15(12-14)21-4/h5-7,12-13H,8-11H2,1-4H3/p+1/t13-/m0/s1. The number of ether oxygens (including phenoxy) is 1. The van der Waals surface area contributed by atoms with Crippen molar-refractivity contribution in [1.29, 1.82) is 0 Å². The number of likely N-dealkylation sites (N-methyl/N-ethyl adjacent to an activating group) is 1. The van der Waals surface area contributed by atoms with Crippen molar-refractivity contribution < 1.29 is 14.4 Å². The second kappa shape index (κ2) is 6.80. The van der Waals surface area contributed by atoms with Crippen LogP contribution in [-0.2, 0) is 4.79 Å². The summed E-state index contributed by atoms with van der Waals surface area (Å²) in [5, 5.41) is 0. The summed E-state index contributed by atoms with van der Waals surface area (Å²) in [7, 11) is 5.34. The van der Waals surface area contributed by atoms with E-state index in [1.165, 1.54) is 10.6 Å². The van der Waals surface area contributed by atoms with Crippen LogP contribution < -0.4 is 14.5 Å². The van der Waals surface area contributed by atoms with Crippen LogP contribution in [0.15, 0.2) is 24.3 Å². The molecule has 116 valence electrons. The number of benzene rings is 1. The number of hydrogen-bond acceptors (Lipinski definition) is 3. The lowest BCUT2D eigenvalue weighted by Crippen LogP contribution is -3.19. The van der Waals surface area contributed by atoms with Gasteiger partial charge >= 0.3 is 0 Å². The molecule has 0 bridgehead atoms. The average molecular weight is 292 g/mol. The van der Waals surface area contributed by atoms with Crippen molar-refractivity contribution in [3.8, 4) is 5.75 Å². The summed E-state index contributed by atoms with van der Waals surface area (Å²) in [4.78, 5) is 17.5. The van der Waals surface area contributed by atoms with E-state index in [2.05, 4.69) is 17.0 Å². The molecule has 1 saturated heterocycles. The van der Waals surface area contributed by atoms with Crippen molar-refractivity contribution in [3.63, 3.8) is 0 Å². The minimum absolute atomic E-state index is 0.0347. The second-order valence-corrected chi connectivity index (χ2v) is 5.80. The summed E-state index contributed by atoms with van der Waals surface area (Å²) in [5.74, 6) is 1.10. The van der Waals surface area contributed by atoms with E-state index in [1.807, 2.05) is 33.2 Å². The number of nitrogens with zero attached hydrogens (tertiary/aromatic N) is 2. The molecule has 1 atom stereocenters. The lowest BCUT2D eigenvalue weighted by molar-refractivity contribution is -0.915. The summed E-state index contributed by atoms with van der Waals surface area (Å²) in [6, 6.07) is 8.20. The van der Waals surface area contributed by atoms with Crippen molar-refractivity contribution in [3.05, 3.63) is 24.3 Å². The van der Waals surface area contributed by atoms with Crippen molar-refractivity contribution in [2.45, 2.75) is 13.0 Å². The first-order valence-electron chi connectivity index (χ1n) is 7.47.